The number of carbonyl (C=O) groups excluding carboxylic acids is 1. The topological polar surface area (TPSA) is 65.5 Å². The molecule has 0 rings (SSSR count). The molecule has 0 fully saturated rings. The van der Waals surface area contributed by atoms with Gasteiger partial charge in [0.05, 0.1) is 11.8 Å². The molecule has 0 saturated heterocycles. The van der Waals surface area contributed by atoms with E-state index in [1.54, 1.807) is 13.8 Å². The van der Waals surface area contributed by atoms with Crippen LogP contribution >= 0.6 is 24.0 Å². The predicted molar refractivity (Wildman–Crippen MR) is 83.3 cm³/mol. The van der Waals surface area contributed by atoms with Crippen molar-refractivity contribution in [1.82, 2.24) is 16.0 Å². The molecule has 0 radical (unpaired) electrons. The van der Waals surface area contributed by atoms with Crippen LogP contribution in [0, 0.1) is 5.41 Å². The first-order chi connectivity index (χ1) is 8.62. The van der Waals surface area contributed by atoms with Gasteiger partial charge < -0.3 is 16.0 Å². The van der Waals surface area contributed by atoms with Crippen molar-refractivity contribution in [3.05, 3.63) is 0 Å². The Hall–Kier alpha value is -0.740. The standard InChI is InChI=1S/C11H21F3N4O.HI/c1-10(2,8(19)15-3)7-18-9(16-4)17-6-5-11(12,13)14;/h5-7H2,1-4H3,(H,15,19)(H2,16,17,18);1H. The highest BCUT2D eigenvalue weighted by Gasteiger charge is 2.28. The van der Waals surface area contributed by atoms with Gasteiger partial charge in [-0.05, 0) is 13.8 Å². The van der Waals surface area contributed by atoms with Crippen molar-refractivity contribution in [2.24, 2.45) is 10.4 Å². The normalized spacial score (nSPS) is 12.4. The molecule has 0 aliphatic rings. The summed E-state index contributed by atoms with van der Waals surface area (Å²) in [6.45, 7) is 3.45. The fourth-order valence-corrected chi connectivity index (χ4v) is 1.27. The number of nitrogens with zero attached hydrogens (tertiary/aromatic N) is 1. The Kier molecular flexibility index (Phi) is 9.96. The lowest BCUT2D eigenvalue weighted by molar-refractivity contribution is -0.132. The fourth-order valence-electron chi connectivity index (χ4n) is 1.27. The zero-order valence-electron chi connectivity index (χ0n) is 12.0. The van der Waals surface area contributed by atoms with Gasteiger partial charge in [0, 0.05) is 27.2 Å². The van der Waals surface area contributed by atoms with E-state index in [1.165, 1.54) is 14.1 Å². The molecule has 0 saturated carbocycles. The third-order valence-corrected chi connectivity index (χ3v) is 2.46. The van der Waals surface area contributed by atoms with E-state index in [-0.39, 0.29) is 48.9 Å². The molecule has 5 nitrogen and oxygen atoms in total. The molecule has 3 N–H and O–H groups in total. The summed E-state index contributed by atoms with van der Waals surface area (Å²) in [5.74, 6) is 0.0759. The minimum atomic E-state index is -4.20. The summed E-state index contributed by atoms with van der Waals surface area (Å²) >= 11 is 0. The first kappa shape index (κ1) is 21.6. The smallest absolute Gasteiger partial charge is 0.359 e. The van der Waals surface area contributed by atoms with Gasteiger partial charge in [0.25, 0.3) is 0 Å². The van der Waals surface area contributed by atoms with Crippen LogP contribution in [-0.2, 0) is 4.79 Å². The van der Waals surface area contributed by atoms with Crippen LogP contribution in [0.2, 0.25) is 0 Å². The van der Waals surface area contributed by atoms with Gasteiger partial charge in [-0.25, -0.2) is 0 Å². The molecule has 0 unspecified atom stereocenters. The molecule has 0 heterocycles. The second-order valence-corrected chi connectivity index (χ2v) is 4.68. The number of rotatable bonds is 5. The lowest BCUT2D eigenvalue weighted by Crippen LogP contribution is -2.47. The zero-order valence-corrected chi connectivity index (χ0v) is 14.3. The predicted octanol–water partition coefficient (Wildman–Crippen LogP) is 1.49. The maximum absolute atomic E-state index is 12.0. The molecule has 0 atom stereocenters. The molecule has 0 aromatic carbocycles. The van der Waals surface area contributed by atoms with Crippen LogP contribution in [0.1, 0.15) is 20.3 Å². The van der Waals surface area contributed by atoms with E-state index in [4.69, 9.17) is 0 Å². The van der Waals surface area contributed by atoms with Gasteiger partial charge in [-0.2, -0.15) is 13.2 Å². The van der Waals surface area contributed by atoms with Crippen LogP contribution in [0.5, 0.6) is 0 Å². The number of hydrogen-bond donors (Lipinski definition) is 3. The first-order valence-electron chi connectivity index (χ1n) is 5.86. The lowest BCUT2D eigenvalue weighted by Gasteiger charge is -2.24. The molecule has 20 heavy (non-hydrogen) atoms. The number of alkyl halides is 3. The van der Waals surface area contributed by atoms with Crippen LogP contribution < -0.4 is 16.0 Å². The fraction of sp³-hybridized carbons (Fsp3) is 0.818. The summed E-state index contributed by atoms with van der Waals surface area (Å²) in [4.78, 5) is 15.3. The summed E-state index contributed by atoms with van der Waals surface area (Å²) in [5, 5.41) is 7.89. The highest BCUT2D eigenvalue weighted by atomic mass is 127. The minimum Gasteiger partial charge on any atom is -0.359 e. The van der Waals surface area contributed by atoms with E-state index in [1.807, 2.05) is 0 Å². The van der Waals surface area contributed by atoms with Gasteiger partial charge in [-0.3, -0.25) is 9.79 Å². The maximum Gasteiger partial charge on any atom is 0.390 e. The molecular weight excluding hydrogens is 388 g/mol. The Balaban J connectivity index is 0. The Labute approximate surface area is 134 Å². The number of aliphatic imine (C=N–C) groups is 1. The number of hydrogen-bond acceptors (Lipinski definition) is 2. The Morgan fingerprint density at radius 1 is 1.20 bits per heavy atom. The third kappa shape index (κ3) is 9.21. The Morgan fingerprint density at radius 3 is 2.15 bits per heavy atom. The summed E-state index contributed by atoms with van der Waals surface area (Å²) in [5.41, 5.74) is -0.684. The lowest BCUT2D eigenvalue weighted by atomic mass is 9.92. The van der Waals surface area contributed by atoms with Gasteiger partial charge >= 0.3 is 6.18 Å². The van der Waals surface area contributed by atoms with Crippen LogP contribution in [0.15, 0.2) is 4.99 Å². The third-order valence-electron chi connectivity index (χ3n) is 2.46. The van der Waals surface area contributed by atoms with Crippen molar-refractivity contribution in [2.75, 3.05) is 27.2 Å². The molecule has 0 bridgehead atoms. The number of nitrogens with one attached hydrogen (secondary N) is 3. The molecule has 9 heteroatoms. The second kappa shape index (κ2) is 9.24. The van der Waals surface area contributed by atoms with E-state index in [0.29, 0.717) is 0 Å². The molecule has 0 aliphatic carbocycles. The van der Waals surface area contributed by atoms with Gasteiger partial charge in [0.1, 0.15) is 0 Å². The summed E-state index contributed by atoms with van der Waals surface area (Å²) in [6.07, 6.45) is -5.14. The minimum absolute atomic E-state index is 0. The molecule has 0 spiro atoms. The van der Waals surface area contributed by atoms with Crippen molar-refractivity contribution >= 4 is 35.8 Å². The van der Waals surface area contributed by atoms with Crippen molar-refractivity contribution in [3.8, 4) is 0 Å². The van der Waals surface area contributed by atoms with Crippen LogP contribution in [0.3, 0.4) is 0 Å². The molecular formula is C11H22F3IN4O. The van der Waals surface area contributed by atoms with Crippen molar-refractivity contribution < 1.29 is 18.0 Å². The number of halogens is 4. The SMILES string of the molecule is CN=C(NCCC(F)(F)F)NCC(C)(C)C(=O)NC.I. The largest absolute Gasteiger partial charge is 0.390 e. The van der Waals surface area contributed by atoms with E-state index in [0.717, 1.165) is 0 Å². The van der Waals surface area contributed by atoms with Gasteiger partial charge in [-0.1, -0.05) is 0 Å². The number of guanidine groups is 1. The Morgan fingerprint density at radius 2 is 1.75 bits per heavy atom. The summed E-state index contributed by atoms with van der Waals surface area (Å²) in [7, 11) is 2.98. The van der Waals surface area contributed by atoms with Crippen molar-refractivity contribution in [3.63, 3.8) is 0 Å². The van der Waals surface area contributed by atoms with Gasteiger partial charge in [0.2, 0.25) is 5.91 Å². The molecule has 0 aliphatic heterocycles. The molecule has 1 amide bonds. The van der Waals surface area contributed by atoms with Gasteiger partial charge in [0.15, 0.2) is 5.96 Å². The number of carbonyl (C=O) groups is 1. The van der Waals surface area contributed by atoms with E-state index < -0.39 is 18.0 Å². The van der Waals surface area contributed by atoms with Crippen molar-refractivity contribution in [2.45, 2.75) is 26.4 Å². The summed E-state index contributed by atoms with van der Waals surface area (Å²) in [6, 6.07) is 0. The molecule has 120 valence electrons. The monoisotopic (exact) mass is 410 g/mol. The average Bonchev–Trinajstić information content (AvgIpc) is 2.30. The van der Waals surface area contributed by atoms with Crippen LogP contribution in [0.4, 0.5) is 13.2 Å². The van der Waals surface area contributed by atoms with E-state index in [9.17, 15) is 18.0 Å². The molecule has 0 aromatic heterocycles. The number of amides is 1. The summed E-state index contributed by atoms with van der Waals surface area (Å²) < 4.78 is 36.0. The van der Waals surface area contributed by atoms with E-state index in [2.05, 4.69) is 20.9 Å². The highest BCUT2D eigenvalue weighted by Crippen LogP contribution is 2.18. The Bertz CT molecular complexity index is 332. The average molecular weight is 410 g/mol. The van der Waals surface area contributed by atoms with Gasteiger partial charge in [-0.15, -0.1) is 24.0 Å². The van der Waals surface area contributed by atoms with E-state index >= 15 is 0 Å². The zero-order chi connectivity index (χ0) is 15.1. The highest BCUT2D eigenvalue weighted by molar-refractivity contribution is 14.0. The van der Waals surface area contributed by atoms with Crippen molar-refractivity contribution in [1.29, 1.82) is 0 Å². The van der Waals surface area contributed by atoms with Crippen LogP contribution in [0.25, 0.3) is 0 Å². The molecule has 0 aromatic rings. The quantitative estimate of drug-likeness (QED) is 0.366. The second-order valence-electron chi connectivity index (χ2n) is 4.68. The van der Waals surface area contributed by atoms with Crippen LogP contribution in [-0.4, -0.2) is 45.2 Å². The maximum atomic E-state index is 12.0. The first-order valence-corrected chi connectivity index (χ1v) is 5.86.